The summed E-state index contributed by atoms with van der Waals surface area (Å²) in [7, 11) is 0. The zero-order valence-corrected chi connectivity index (χ0v) is 15.3. The first-order valence-corrected chi connectivity index (χ1v) is 8.79. The van der Waals surface area contributed by atoms with Gasteiger partial charge in [-0.1, -0.05) is 25.3 Å². The van der Waals surface area contributed by atoms with Crippen molar-refractivity contribution in [2.24, 2.45) is 0 Å². The second-order valence-electron chi connectivity index (χ2n) is 6.73. The highest BCUT2D eigenvalue weighted by molar-refractivity contribution is 5.85. The van der Waals surface area contributed by atoms with Crippen LogP contribution in [-0.4, -0.2) is 57.4 Å². The number of rotatable bonds is 9. The molecule has 0 aliphatic carbocycles. The predicted octanol–water partition coefficient (Wildman–Crippen LogP) is 1.29. The summed E-state index contributed by atoms with van der Waals surface area (Å²) in [5, 5.41) is 41.7. The molecule has 0 radical (unpaired) electrons. The van der Waals surface area contributed by atoms with E-state index in [1.165, 1.54) is 6.07 Å². The predicted molar refractivity (Wildman–Crippen MR) is 96.2 cm³/mol. The van der Waals surface area contributed by atoms with Crippen molar-refractivity contribution in [1.82, 2.24) is 5.32 Å². The van der Waals surface area contributed by atoms with Crippen molar-refractivity contribution in [3.63, 3.8) is 0 Å². The molecule has 2 rings (SSSR count). The van der Waals surface area contributed by atoms with Crippen LogP contribution in [0.3, 0.4) is 0 Å². The summed E-state index contributed by atoms with van der Waals surface area (Å²) in [4.78, 5) is 0. The van der Waals surface area contributed by atoms with Gasteiger partial charge in [0.25, 0.3) is 0 Å². The smallest absolute Gasteiger partial charge is 0.159 e. The Morgan fingerprint density at radius 1 is 1.00 bits per heavy atom. The van der Waals surface area contributed by atoms with Crippen LogP contribution < -0.4 is 5.32 Å². The van der Waals surface area contributed by atoms with Crippen LogP contribution in [0.1, 0.15) is 37.7 Å². The SMILES string of the molecule is Cl.OC[C@@H]1N[C@@H]([C@@H](O)CCCCCCc2ccc(F)c(F)c2)[C@H](O)[C@H]1O. The number of nitrogens with one attached hydrogen (secondary N) is 1. The lowest BCUT2D eigenvalue weighted by atomic mass is 9.98. The summed E-state index contributed by atoms with van der Waals surface area (Å²) < 4.78 is 25.9. The van der Waals surface area contributed by atoms with E-state index < -0.39 is 42.0 Å². The largest absolute Gasteiger partial charge is 0.395 e. The number of aliphatic hydroxyl groups excluding tert-OH is 4. The van der Waals surface area contributed by atoms with E-state index in [1.807, 2.05) is 0 Å². The zero-order chi connectivity index (χ0) is 18.4. The van der Waals surface area contributed by atoms with Gasteiger partial charge in [-0.25, -0.2) is 8.78 Å². The number of benzene rings is 1. The Balaban J connectivity index is 0.00000338. The van der Waals surface area contributed by atoms with Crippen molar-refractivity contribution in [2.75, 3.05) is 6.61 Å². The fraction of sp³-hybridized carbons (Fsp3) is 0.667. The van der Waals surface area contributed by atoms with E-state index in [9.17, 15) is 24.1 Å². The molecule has 0 bridgehead atoms. The number of hydrogen-bond acceptors (Lipinski definition) is 5. The van der Waals surface area contributed by atoms with E-state index in [4.69, 9.17) is 5.11 Å². The molecule has 1 heterocycles. The Kier molecular flexibility index (Phi) is 9.92. The molecule has 0 unspecified atom stereocenters. The molecule has 0 aromatic heterocycles. The molecule has 0 saturated carbocycles. The van der Waals surface area contributed by atoms with Crippen molar-refractivity contribution < 1.29 is 29.2 Å². The van der Waals surface area contributed by atoms with Crippen LogP contribution in [0.15, 0.2) is 18.2 Å². The molecular formula is C18H28ClF2NO4. The van der Waals surface area contributed by atoms with E-state index in [0.717, 1.165) is 37.3 Å². The van der Waals surface area contributed by atoms with Gasteiger partial charge in [-0.05, 0) is 37.0 Å². The third-order valence-electron chi connectivity index (χ3n) is 4.85. The average molecular weight is 396 g/mol. The maximum atomic E-state index is 13.1. The molecule has 1 aromatic rings. The van der Waals surface area contributed by atoms with Crippen molar-refractivity contribution >= 4 is 12.4 Å². The Morgan fingerprint density at radius 2 is 1.69 bits per heavy atom. The van der Waals surface area contributed by atoms with E-state index in [-0.39, 0.29) is 19.0 Å². The van der Waals surface area contributed by atoms with Crippen LogP contribution in [0, 0.1) is 11.6 Å². The fourth-order valence-corrected chi connectivity index (χ4v) is 3.31. The average Bonchev–Trinajstić information content (AvgIpc) is 2.89. The number of aliphatic hydroxyl groups is 4. The molecule has 5 atom stereocenters. The normalized spacial score (nSPS) is 26.5. The molecule has 8 heteroatoms. The van der Waals surface area contributed by atoms with E-state index in [1.54, 1.807) is 6.07 Å². The molecule has 1 aliphatic rings. The van der Waals surface area contributed by atoms with Gasteiger partial charge in [0.05, 0.1) is 37.0 Å². The van der Waals surface area contributed by atoms with Gasteiger partial charge < -0.3 is 25.7 Å². The van der Waals surface area contributed by atoms with Gasteiger partial charge in [-0.15, -0.1) is 12.4 Å². The number of aryl methyl sites for hydroxylation is 1. The molecule has 1 saturated heterocycles. The summed E-state index contributed by atoms with van der Waals surface area (Å²) in [6, 6.07) is 2.67. The maximum Gasteiger partial charge on any atom is 0.159 e. The second kappa shape index (κ2) is 11.1. The molecule has 5 nitrogen and oxygen atoms in total. The molecule has 5 N–H and O–H groups in total. The second-order valence-corrected chi connectivity index (χ2v) is 6.73. The highest BCUT2D eigenvalue weighted by Gasteiger charge is 2.43. The summed E-state index contributed by atoms with van der Waals surface area (Å²) in [6.07, 6.45) is 1.54. The van der Waals surface area contributed by atoms with Gasteiger partial charge in [0.15, 0.2) is 11.6 Å². The number of halogens is 3. The van der Waals surface area contributed by atoms with E-state index >= 15 is 0 Å². The molecular weight excluding hydrogens is 368 g/mol. The first-order chi connectivity index (χ1) is 11.9. The van der Waals surface area contributed by atoms with Gasteiger partial charge in [0, 0.05) is 0 Å². The third-order valence-corrected chi connectivity index (χ3v) is 4.85. The topological polar surface area (TPSA) is 93.0 Å². The van der Waals surface area contributed by atoms with Crippen LogP contribution in [0.2, 0.25) is 0 Å². The van der Waals surface area contributed by atoms with Crippen molar-refractivity contribution in [2.45, 2.75) is 68.9 Å². The Bertz CT molecular complexity index is 552. The Morgan fingerprint density at radius 3 is 2.31 bits per heavy atom. The molecule has 1 fully saturated rings. The molecule has 1 aromatic carbocycles. The minimum atomic E-state index is -1.10. The van der Waals surface area contributed by atoms with Crippen LogP contribution in [-0.2, 0) is 6.42 Å². The summed E-state index contributed by atoms with van der Waals surface area (Å²) in [5.41, 5.74) is 0.765. The summed E-state index contributed by atoms with van der Waals surface area (Å²) in [5.74, 6) is -1.67. The van der Waals surface area contributed by atoms with Crippen LogP contribution in [0.4, 0.5) is 8.78 Å². The molecule has 1 aliphatic heterocycles. The lowest BCUT2D eigenvalue weighted by molar-refractivity contribution is -0.00443. The van der Waals surface area contributed by atoms with Crippen molar-refractivity contribution in [3.05, 3.63) is 35.4 Å². The third kappa shape index (κ3) is 6.11. The Hall–Kier alpha value is -0.830. The van der Waals surface area contributed by atoms with Crippen LogP contribution >= 0.6 is 12.4 Å². The highest BCUT2D eigenvalue weighted by Crippen LogP contribution is 2.20. The maximum absolute atomic E-state index is 13.1. The standard InChI is InChI=1S/C18H27F2NO4.ClH/c19-12-8-7-11(9-13(12)20)5-3-1-2-4-6-15(23)16-18(25)17(24)14(10-22)21-16;/h7-9,14-18,21-25H,1-6,10H2;1H/t14-,15-,16-,17-,18-;/m0./s1. The summed E-state index contributed by atoms with van der Waals surface area (Å²) in [6.45, 7) is -0.300. The van der Waals surface area contributed by atoms with E-state index in [0.29, 0.717) is 12.8 Å². The molecule has 26 heavy (non-hydrogen) atoms. The lowest BCUT2D eigenvalue weighted by Crippen LogP contribution is -2.44. The van der Waals surface area contributed by atoms with Crippen LogP contribution in [0.5, 0.6) is 0 Å². The minimum absolute atomic E-state index is 0. The zero-order valence-electron chi connectivity index (χ0n) is 14.5. The lowest BCUT2D eigenvalue weighted by Gasteiger charge is -2.22. The van der Waals surface area contributed by atoms with Crippen molar-refractivity contribution in [1.29, 1.82) is 0 Å². The number of unbranched alkanes of at least 4 members (excludes halogenated alkanes) is 3. The first-order valence-electron chi connectivity index (χ1n) is 8.79. The molecule has 0 amide bonds. The Labute approximate surface area is 158 Å². The van der Waals surface area contributed by atoms with Crippen molar-refractivity contribution in [3.8, 4) is 0 Å². The van der Waals surface area contributed by atoms with Gasteiger partial charge >= 0.3 is 0 Å². The molecule has 150 valence electrons. The first kappa shape index (κ1) is 23.2. The van der Waals surface area contributed by atoms with Gasteiger partial charge in [0.2, 0.25) is 0 Å². The van der Waals surface area contributed by atoms with E-state index in [2.05, 4.69) is 5.32 Å². The summed E-state index contributed by atoms with van der Waals surface area (Å²) >= 11 is 0. The number of hydrogen-bond donors (Lipinski definition) is 5. The fourth-order valence-electron chi connectivity index (χ4n) is 3.31. The monoisotopic (exact) mass is 395 g/mol. The quantitative estimate of drug-likeness (QED) is 0.406. The van der Waals surface area contributed by atoms with Gasteiger partial charge in [-0.2, -0.15) is 0 Å². The molecule has 0 spiro atoms. The van der Waals surface area contributed by atoms with Gasteiger partial charge in [0.1, 0.15) is 0 Å². The highest BCUT2D eigenvalue weighted by atomic mass is 35.5. The minimum Gasteiger partial charge on any atom is -0.395 e. The van der Waals surface area contributed by atoms with Crippen LogP contribution in [0.25, 0.3) is 0 Å². The van der Waals surface area contributed by atoms with Gasteiger partial charge in [-0.3, -0.25) is 0 Å².